The van der Waals surface area contributed by atoms with Gasteiger partial charge in [-0.2, -0.15) is 0 Å². The lowest BCUT2D eigenvalue weighted by Crippen LogP contribution is -2.47. The van der Waals surface area contributed by atoms with Crippen molar-refractivity contribution in [3.8, 4) is 0 Å². The van der Waals surface area contributed by atoms with Gasteiger partial charge < -0.3 is 19.2 Å². The quantitative estimate of drug-likeness (QED) is 0.739. The standard InChI is InChI=1S/C21H27N7O/c1-15-19-24-25-20(16-6-2-3-7-16)28(19)13-12-27(15)21(29)22-10-9-17-14-26-11-5-4-8-18(26)23-17/h4-5,8,11,14-16H,2-3,6-7,9-10,12-13H2,1H3,(H,22,29). The zero-order valence-corrected chi connectivity index (χ0v) is 16.8. The molecule has 0 bridgehead atoms. The molecule has 0 radical (unpaired) electrons. The summed E-state index contributed by atoms with van der Waals surface area (Å²) in [7, 11) is 0. The number of aromatic nitrogens is 5. The molecule has 1 atom stereocenters. The third-order valence-electron chi connectivity index (χ3n) is 6.27. The summed E-state index contributed by atoms with van der Waals surface area (Å²) in [5.41, 5.74) is 1.90. The molecule has 1 unspecified atom stereocenters. The van der Waals surface area contributed by atoms with Crippen LogP contribution in [-0.4, -0.2) is 48.2 Å². The Kier molecular flexibility index (Phi) is 4.69. The Bertz CT molecular complexity index is 984. The van der Waals surface area contributed by atoms with E-state index in [1.54, 1.807) is 0 Å². The number of carbonyl (C=O) groups excluding carboxylic acids is 1. The number of nitrogens with one attached hydrogen (secondary N) is 1. The van der Waals surface area contributed by atoms with Gasteiger partial charge in [-0.3, -0.25) is 0 Å². The minimum Gasteiger partial charge on any atom is -0.338 e. The molecule has 1 aliphatic carbocycles. The number of hydrogen-bond acceptors (Lipinski definition) is 4. The minimum atomic E-state index is -0.0680. The summed E-state index contributed by atoms with van der Waals surface area (Å²) in [6, 6.07) is 5.82. The molecule has 0 spiro atoms. The molecule has 8 heteroatoms. The summed E-state index contributed by atoms with van der Waals surface area (Å²) in [5, 5.41) is 12.0. The molecule has 3 aromatic heterocycles. The monoisotopic (exact) mass is 393 g/mol. The molecule has 1 N–H and O–H groups in total. The lowest BCUT2D eigenvalue weighted by molar-refractivity contribution is 0.159. The zero-order chi connectivity index (χ0) is 19.8. The maximum Gasteiger partial charge on any atom is 0.318 e. The number of pyridine rings is 1. The van der Waals surface area contributed by atoms with Crippen LogP contribution >= 0.6 is 0 Å². The number of fused-ring (bicyclic) bond motifs is 2. The van der Waals surface area contributed by atoms with E-state index in [1.807, 2.05) is 46.8 Å². The predicted octanol–water partition coefficient (Wildman–Crippen LogP) is 2.91. The van der Waals surface area contributed by atoms with E-state index >= 15 is 0 Å². The number of hydrogen-bond donors (Lipinski definition) is 1. The van der Waals surface area contributed by atoms with Crippen molar-refractivity contribution in [3.05, 3.63) is 47.9 Å². The molecule has 0 saturated heterocycles. The first-order chi connectivity index (χ1) is 14.2. The first-order valence-electron chi connectivity index (χ1n) is 10.6. The van der Waals surface area contributed by atoms with Crippen LogP contribution in [0.15, 0.2) is 30.6 Å². The summed E-state index contributed by atoms with van der Waals surface area (Å²) >= 11 is 0. The molecule has 8 nitrogen and oxygen atoms in total. The average Bonchev–Trinajstić information content (AvgIpc) is 3.46. The maximum atomic E-state index is 12.8. The molecule has 2 aliphatic rings. The first-order valence-corrected chi connectivity index (χ1v) is 10.6. The van der Waals surface area contributed by atoms with Crippen molar-refractivity contribution in [2.24, 2.45) is 0 Å². The molecule has 2 amide bonds. The van der Waals surface area contributed by atoms with Crippen LogP contribution in [0.25, 0.3) is 5.65 Å². The van der Waals surface area contributed by atoms with Gasteiger partial charge in [0.25, 0.3) is 0 Å². The molecule has 152 valence electrons. The number of imidazole rings is 1. The van der Waals surface area contributed by atoms with Crippen molar-refractivity contribution in [1.29, 1.82) is 0 Å². The molecule has 1 saturated carbocycles. The number of urea groups is 1. The van der Waals surface area contributed by atoms with E-state index in [0.29, 0.717) is 25.4 Å². The van der Waals surface area contributed by atoms with Gasteiger partial charge in [-0.1, -0.05) is 18.9 Å². The Labute approximate surface area is 169 Å². The molecular weight excluding hydrogens is 366 g/mol. The van der Waals surface area contributed by atoms with Crippen LogP contribution < -0.4 is 5.32 Å². The maximum absolute atomic E-state index is 12.8. The number of rotatable bonds is 4. The topological polar surface area (TPSA) is 80.4 Å². The highest BCUT2D eigenvalue weighted by Gasteiger charge is 2.33. The SMILES string of the molecule is CC1c2nnc(C3CCCC3)n2CCN1C(=O)NCCc1cn2ccccc2n1. The minimum absolute atomic E-state index is 0.0436. The van der Waals surface area contributed by atoms with Gasteiger partial charge in [0.15, 0.2) is 5.82 Å². The second kappa shape index (κ2) is 7.50. The normalized spacial score (nSPS) is 19.6. The van der Waals surface area contributed by atoms with Crippen LogP contribution in [0.3, 0.4) is 0 Å². The van der Waals surface area contributed by atoms with Gasteiger partial charge in [-0.05, 0) is 31.9 Å². The van der Waals surface area contributed by atoms with Crippen molar-refractivity contribution < 1.29 is 4.79 Å². The van der Waals surface area contributed by atoms with Crippen molar-refractivity contribution in [3.63, 3.8) is 0 Å². The van der Waals surface area contributed by atoms with E-state index in [1.165, 1.54) is 25.7 Å². The van der Waals surface area contributed by atoms with E-state index in [-0.39, 0.29) is 12.1 Å². The van der Waals surface area contributed by atoms with E-state index in [9.17, 15) is 4.79 Å². The fraction of sp³-hybridized carbons (Fsp3) is 0.524. The van der Waals surface area contributed by atoms with Gasteiger partial charge in [-0.15, -0.1) is 10.2 Å². The van der Waals surface area contributed by atoms with Crippen molar-refractivity contribution in [2.45, 2.75) is 57.5 Å². The largest absolute Gasteiger partial charge is 0.338 e. The fourth-order valence-electron chi connectivity index (χ4n) is 4.68. The van der Waals surface area contributed by atoms with E-state index < -0.39 is 0 Å². The number of carbonyl (C=O) groups is 1. The van der Waals surface area contributed by atoms with Crippen molar-refractivity contribution >= 4 is 11.7 Å². The number of nitrogens with zero attached hydrogens (tertiary/aromatic N) is 6. The molecule has 1 aliphatic heterocycles. The molecule has 1 fully saturated rings. The van der Waals surface area contributed by atoms with Crippen LogP contribution in [0.1, 0.15) is 61.9 Å². The zero-order valence-electron chi connectivity index (χ0n) is 16.8. The molecule has 4 heterocycles. The Morgan fingerprint density at radius 3 is 2.83 bits per heavy atom. The van der Waals surface area contributed by atoms with Crippen LogP contribution in [0.5, 0.6) is 0 Å². The third-order valence-corrected chi connectivity index (χ3v) is 6.27. The van der Waals surface area contributed by atoms with Gasteiger partial charge in [0.05, 0.1) is 11.7 Å². The molecule has 5 rings (SSSR count). The Hall–Kier alpha value is -2.90. The van der Waals surface area contributed by atoms with Gasteiger partial charge >= 0.3 is 6.03 Å². The van der Waals surface area contributed by atoms with Crippen LogP contribution in [0.4, 0.5) is 4.79 Å². The second-order valence-corrected chi connectivity index (χ2v) is 8.10. The lowest BCUT2D eigenvalue weighted by Gasteiger charge is -2.34. The highest BCUT2D eigenvalue weighted by atomic mass is 16.2. The van der Waals surface area contributed by atoms with Crippen LogP contribution in [0, 0.1) is 0 Å². The van der Waals surface area contributed by atoms with Gasteiger partial charge in [-0.25, -0.2) is 9.78 Å². The van der Waals surface area contributed by atoms with Gasteiger partial charge in [0, 0.05) is 44.4 Å². The van der Waals surface area contributed by atoms with Gasteiger partial charge in [0.2, 0.25) is 0 Å². The summed E-state index contributed by atoms with van der Waals surface area (Å²) < 4.78 is 4.25. The Morgan fingerprint density at radius 2 is 2.00 bits per heavy atom. The Morgan fingerprint density at radius 1 is 1.17 bits per heavy atom. The molecule has 3 aromatic rings. The Balaban J connectivity index is 1.20. The summed E-state index contributed by atoms with van der Waals surface area (Å²) in [6.45, 7) is 4.07. The van der Waals surface area contributed by atoms with E-state index in [2.05, 4.69) is 25.1 Å². The lowest BCUT2D eigenvalue weighted by atomic mass is 10.1. The number of amides is 2. The van der Waals surface area contributed by atoms with Crippen molar-refractivity contribution in [2.75, 3.05) is 13.1 Å². The van der Waals surface area contributed by atoms with E-state index in [4.69, 9.17) is 0 Å². The fourth-order valence-corrected chi connectivity index (χ4v) is 4.68. The first kappa shape index (κ1) is 18.1. The molecule has 0 aromatic carbocycles. The predicted molar refractivity (Wildman–Crippen MR) is 109 cm³/mol. The molecular formula is C21H27N7O. The van der Waals surface area contributed by atoms with Crippen LogP contribution in [0.2, 0.25) is 0 Å². The van der Waals surface area contributed by atoms with Crippen molar-refractivity contribution in [1.82, 2.24) is 34.4 Å². The third kappa shape index (κ3) is 3.36. The van der Waals surface area contributed by atoms with Crippen LogP contribution in [-0.2, 0) is 13.0 Å². The summed E-state index contributed by atoms with van der Waals surface area (Å²) in [6.07, 6.45) is 9.68. The van der Waals surface area contributed by atoms with Gasteiger partial charge in [0.1, 0.15) is 11.5 Å². The molecule has 29 heavy (non-hydrogen) atoms. The highest BCUT2D eigenvalue weighted by molar-refractivity contribution is 5.74. The average molecular weight is 393 g/mol. The second-order valence-electron chi connectivity index (χ2n) is 8.10. The summed E-state index contributed by atoms with van der Waals surface area (Å²) in [4.78, 5) is 19.2. The highest BCUT2D eigenvalue weighted by Crippen LogP contribution is 2.35. The van der Waals surface area contributed by atoms with E-state index in [0.717, 1.165) is 29.5 Å². The smallest absolute Gasteiger partial charge is 0.318 e. The summed E-state index contributed by atoms with van der Waals surface area (Å²) in [5.74, 6) is 2.57.